The van der Waals surface area contributed by atoms with Gasteiger partial charge in [0.25, 0.3) is 0 Å². The average molecular weight is 374 g/mol. The fraction of sp³-hybridized carbons (Fsp3) is 0.700. The first-order chi connectivity index (χ1) is 13.1. The quantitative estimate of drug-likeness (QED) is 0.860. The number of urea groups is 1. The lowest BCUT2D eigenvalue weighted by molar-refractivity contribution is -0.132. The third kappa shape index (κ3) is 5.65. The van der Waals surface area contributed by atoms with E-state index in [9.17, 15) is 9.59 Å². The van der Waals surface area contributed by atoms with Crippen LogP contribution >= 0.6 is 0 Å². The van der Waals surface area contributed by atoms with Crippen LogP contribution in [0.4, 0.5) is 4.79 Å². The van der Waals surface area contributed by atoms with Crippen LogP contribution in [0, 0.1) is 5.92 Å². The topological polar surface area (TPSA) is 78.4 Å². The van der Waals surface area contributed by atoms with Crippen LogP contribution in [0.15, 0.2) is 18.7 Å². The average Bonchev–Trinajstić information content (AvgIpc) is 3.08. The van der Waals surface area contributed by atoms with Gasteiger partial charge in [0.1, 0.15) is 6.33 Å². The van der Waals surface area contributed by atoms with Crippen molar-refractivity contribution < 1.29 is 9.59 Å². The lowest BCUT2D eigenvalue weighted by atomic mass is 10.1. The fourth-order valence-electron chi connectivity index (χ4n) is 4.26. The van der Waals surface area contributed by atoms with E-state index in [2.05, 4.69) is 15.3 Å². The molecule has 27 heavy (non-hydrogen) atoms. The molecule has 3 rings (SSSR count). The van der Waals surface area contributed by atoms with Crippen molar-refractivity contribution in [2.24, 2.45) is 5.92 Å². The summed E-state index contributed by atoms with van der Waals surface area (Å²) >= 11 is 0. The molecule has 0 radical (unpaired) electrons. The minimum atomic E-state index is 0.0494. The molecule has 1 aliphatic heterocycles. The lowest BCUT2D eigenvalue weighted by Gasteiger charge is -2.30. The van der Waals surface area contributed by atoms with Gasteiger partial charge >= 0.3 is 6.03 Å². The number of rotatable bonds is 5. The van der Waals surface area contributed by atoms with Gasteiger partial charge in [-0.2, -0.15) is 0 Å². The molecule has 7 heteroatoms. The molecular formula is C20H31N5O2. The van der Waals surface area contributed by atoms with Gasteiger partial charge < -0.3 is 15.1 Å². The molecule has 0 aromatic carbocycles. The Kier molecular flexibility index (Phi) is 7.01. The van der Waals surface area contributed by atoms with Crippen molar-refractivity contribution in [1.82, 2.24) is 25.1 Å². The van der Waals surface area contributed by atoms with Crippen molar-refractivity contribution in [2.75, 3.05) is 19.6 Å². The van der Waals surface area contributed by atoms with Crippen molar-refractivity contribution in [3.63, 3.8) is 0 Å². The van der Waals surface area contributed by atoms with Crippen molar-refractivity contribution in [2.45, 2.75) is 64.5 Å². The molecule has 1 aliphatic carbocycles. The van der Waals surface area contributed by atoms with Crippen LogP contribution in [-0.4, -0.2) is 57.4 Å². The molecule has 2 aliphatic rings. The van der Waals surface area contributed by atoms with Crippen molar-refractivity contribution >= 4 is 11.9 Å². The minimum absolute atomic E-state index is 0.0494. The summed E-state index contributed by atoms with van der Waals surface area (Å²) in [6, 6.07) is 0.198. The molecule has 1 saturated heterocycles. The van der Waals surface area contributed by atoms with E-state index < -0.39 is 0 Å². The number of aromatic nitrogens is 2. The monoisotopic (exact) mass is 373 g/mol. The molecule has 2 fully saturated rings. The predicted octanol–water partition coefficient (Wildman–Crippen LogP) is 2.58. The Morgan fingerprint density at radius 3 is 2.56 bits per heavy atom. The molecule has 148 valence electrons. The van der Waals surface area contributed by atoms with Gasteiger partial charge in [0.15, 0.2) is 0 Å². The molecule has 1 aromatic heterocycles. The molecule has 1 aromatic rings. The van der Waals surface area contributed by atoms with E-state index in [0.717, 1.165) is 37.9 Å². The van der Waals surface area contributed by atoms with E-state index in [1.54, 1.807) is 19.3 Å². The summed E-state index contributed by atoms with van der Waals surface area (Å²) in [6.07, 6.45) is 12.7. The summed E-state index contributed by atoms with van der Waals surface area (Å²) in [5.74, 6) is 0.706. The normalized spacial score (nSPS) is 20.9. The van der Waals surface area contributed by atoms with Gasteiger partial charge in [-0.3, -0.25) is 4.79 Å². The summed E-state index contributed by atoms with van der Waals surface area (Å²) < 4.78 is 0. The number of carbonyl (C=O) groups excluding carboxylic acids is 2. The molecule has 1 atom stereocenters. The number of likely N-dealkylation sites (tertiary alicyclic amines) is 1. The van der Waals surface area contributed by atoms with E-state index in [0.29, 0.717) is 19.0 Å². The molecule has 2 heterocycles. The van der Waals surface area contributed by atoms with Gasteiger partial charge in [0, 0.05) is 57.1 Å². The fourth-order valence-corrected chi connectivity index (χ4v) is 4.26. The zero-order valence-corrected chi connectivity index (χ0v) is 16.3. The van der Waals surface area contributed by atoms with E-state index in [1.165, 1.54) is 32.0 Å². The maximum absolute atomic E-state index is 12.5. The molecule has 1 N–H and O–H groups in total. The van der Waals surface area contributed by atoms with Crippen LogP contribution in [0.1, 0.15) is 57.4 Å². The lowest BCUT2D eigenvalue weighted by Crippen LogP contribution is -2.43. The molecule has 7 nitrogen and oxygen atoms in total. The molecule has 0 bridgehead atoms. The number of hydrogen-bond acceptors (Lipinski definition) is 4. The Morgan fingerprint density at radius 2 is 1.85 bits per heavy atom. The number of nitrogens with zero attached hydrogens (tertiary/aromatic N) is 4. The number of nitrogens with one attached hydrogen (secondary N) is 1. The highest BCUT2D eigenvalue weighted by atomic mass is 16.2. The van der Waals surface area contributed by atoms with Crippen molar-refractivity contribution in [3.05, 3.63) is 24.3 Å². The third-order valence-electron chi connectivity index (χ3n) is 5.81. The van der Waals surface area contributed by atoms with E-state index in [4.69, 9.17) is 0 Å². The zero-order valence-electron chi connectivity index (χ0n) is 16.3. The Labute approximate surface area is 161 Å². The number of amides is 3. The first-order valence-corrected chi connectivity index (χ1v) is 10.2. The smallest absolute Gasteiger partial charge is 0.317 e. The summed E-state index contributed by atoms with van der Waals surface area (Å²) in [5, 5.41) is 3.12. The molecule has 3 amide bonds. The number of carbonyl (C=O) groups is 2. The second kappa shape index (κ2) is 9.67. The Hall–Kier alpha value is -2.18. The Balaban J connectivity index is 1.52. The summed E-state index contributed by atoms with van der Waals surface area (Å²) in [7, 11) is 0. The van der Waals surface area contributed by atoms with Gasteiger partial charge in [-0.05, 0) is 38.0 Å². The van der Waals surface area contributed by atoms with E-state index in [1.807, 2.05) is 9.80 Å². The van der Waals surface area contributed by atoms with Gasteiger partial charge in [-0.15, -0.1) is 0 Å². The van der Waals surface area contributed by atoms with E-state index in [-0.39, 0.29) is 18.0 Å². The SMILES string of the molecule is CC(=O)N(Cc1cncnc1)[C@H]1CCCN(C(=O)NCC2CCCC2)CC1. The second-order valence-corrected chi connectivity index (χ2v) is 7.80. The van der Waals surface area contributed by atoms with Crippen LogP contribution < -0.4 is 5.32 Å². The Bertz CT molecular complexity index is 618. The Morgan fingerprint density at radius 1 is 1.11 bits per heavy atom. The molecule has 0 spiro atoms. The number of hydrogen-bond donors (Lipinski definition) is 1. The standard InChI is InChI=1S/C20H31N5O2/c1-16(26)25(14-18-11-21-15-22-12-18)19-7-4-9-24(10-8-19)20(27)23-13-17-5-2-3-6-17/h11-12,15,17,19H,2-10,13-14H2,1H3,(H,23,27)/t19-/m0/s1. The largest absolute Gasteiger partial charge is 0.338 e. The maximum atomic E-state index is 12.5. The molecule has 1 saturated carbocycles. The second-order valence-electron chi connectivity index (χ2n) is 7.80. The van der Waals surface area contributed by atoms with Crippen LogP contribution in [0.3, 0.4) is 0 Å². The maximum Gasteiger partial charge on any atom is 0.317 e. The van der Waals surface area contributed by atoms with Crippen molar-refractivity contribution in [3.8, 4) is 0 Å². The van der Waals surface area contributed by atoms with E-state index >= 15 is 0 Å². The van der Waals surface area contributed by atoms with Gasteiger partial charge in [0.2, 0.25) is 5.91 Å². The summed E-state index contributed by atoms with van der Waals surface area (Å²) in [5.41, 5.74) is 0.933. The highest BCUT2D eigenvalue weighted by molar-refractivity contribution is 5.74. The van der Waals surface area contributed by atoms with Crippen LogP contribution in [-0.2, 0) is 11.3 Å². The molecular weight excluding hydrogens is 342 g/mol. The minimum Gasteiger partial charge on any atom is -0.338 e. The predicted molar refractivity (Wildman–Crippen MR) is 103 cm³/mol. The van der Waals surface area contributed by atoms with Crippen LogP contribution in [0.2, 0.25) is 0 Å². The summed E-state index contributed by atoms with van der Waals surface area (Å²) in [4.78, 5) is 36.6. The van der Waals surface area contributed by atoms with Crippen LogP contribution in [0.5, 0.6) is 0 Å². The highest BCUT2D eigenvalue weighted by Gasteiger charge is 2.27. The van der Waals surface area contributed by atoms with Crippen molar-refractivity contribution in [1.29, 1.82) is 0 Å². The summed E-state index contributed by atoms with van der Waals surface area (Å²) in [6.45, 7) is 4.38. The van der Waals surface area contributed by atoms with Crippen LogP contribution in [0.25, 0.3) is 0 Å². The molecule has 0 unspecified atom stereocenters. The van der Waals surface area contributed by atoms with Gasteiger partial charge in [-0.1, -0.05) is 12.8 Å². The first kappa shape index (κ1) is 19.6. The first-order valence-electron chi connectivity index (χ1n) is 10.2. The zero-order chi connectivity index (χ0) is 19.1. The third-order valence-corrected chi connectivity index (χ3v) is 5.81. The highest BCUT2D eigenvalue weighted by Crippen LogP contribution is 2.24. The van der Waals surface area contributed by atoms with Gasteiger partial charge in [-0.25, -0.2) is 14.8 Å². The van der Waals surface area contributed by atoms with Gasteiger partial charge in [0.05, 0.1) is 0 Å².